The maximum atomic E-state index is 12.4. The average molecular weight is 312 g/mol. The number of hydrogen-bond acceptors (Lipinski definition) is 2. The van der Waals surface area contributed by atoms with Gasteiger partial charge >= 0.3 is 6.03 Å². The molecule has 1 aliphatic rings. The van der Waals surface area contributed by atoms with Crippen molar-refractivity contribution < 1.29 is 4.79 Å². The number of carbonyl (C=O) groups excluding carboxylic acids is 1. The van der Waals surface area contributed by atoms with Gasteiger partial charge in [-0.25, -0.2) is 9.78 Å². The molecule has 0 saturated carbocycles. The number of H-pyrrole nitrogens is 1. The van der Waals surface area contributed by atoms with Crippen molar-refractivity contribution in [3.63, 3.8) is 0 Å². The lowest BCUT2D eigenvalue weighted by Crippen LogP contribution is -2.42. The standard InChI is InChI=1S/C18H24N4O/c1-3-4-6-15-7-5-10-22(15)18(23)19-12-14-8-9-16-17(11-14)21-13(2)20-16/h5,7-9,11,15H,3-4,6,10,12H2,1-2H3,(H,19,23)(H,20,21). The molecule has 0 spiro atoms. The average Bonchev–Trinajstić information content (AvgIpc) is 3.15. The summed E-state index contributed by atoms with van der Waals surface area (Å²) in [7, 11) is 0. The summed E-state index contributed by atoms with van der Waals surface area (Å²) < 4.78 is 0. The van der Waals surface area contributed by atoms with E-state index in [1.807, 2.05) is 30.0 Å². The SMILES string of the molecule is CCCCC1C=CCN1C(=O)NCc1ccc2nc(C)[nH]c2c1. The van der Waals surface area contributed by atoms with Crippen LogP contribution in [0.1, 0.15) is 37.6 Å². The second-order valence-corrected chi connectivity index (χ2v) is 6.12. The number of hydrogen-bond donors (Lipinski definition) is 2. The quantitative estimate of drug-likeness (QED) is 0.830. The van der Waals surface area contributed by atoms with Crippen LogP contribution in [0.4, 0.5) is 4.79 Å². The zero-order valence-corrected chi connectivity index (χ0v) is 13.8. The lowest BCUT2D eigenvalue weighted by molar-refractivity contribution is 0.193. The van der Waals surface area contributed by atoms with Gasteiger partial charge in [0.2, 0.25) is 0 Å². The third-order valence-corrected chi connectivity index (χ3v) is 4.28. The highest BCUT2D eigenvalue weighted by Crippen LogP contribution is 2.17. The fourth-order valence-corrected chi connectivity index (χ4v) is 3.04. The number of amides is 2. The fraction of sp³-hybridized carbons (Fsp3) is 0.444. The number of carbonyl (C=O) groups is 1. The summed E-state index contributed by atoms with van der Waals surface area (Å²) >= 11 is 0. The van der Waals surface area contributed by atoms with Gasteiger partial charge < -0.3 is 15.2 Å². The molecular formula is C18H24N4O. The molecule has 0 saturated heterocycles. The van der Waals surface area contributed by atoms with Gasteiger partial charge in [0.15, 0.2) is 0 Å². The summed E-state index contributed by atoms with van der Waals surface area (Å²) in [5.74, 6) is 0.906. The van der Waals surface area contributed by atoms with Crippen molar-refractivity contribution in [1.82, 2.24) is 20.2 Å². The molecule has 3 rings (SSSR count). The van der Waals surface area contributed by atoms with Gasteiger partial charge in [0.25, 0.3) is 0 Å². The molecule has 2 amide bonds. The van der Waals surface area contributed by atoms with Crippen LogP contribution in [0.5, 0.6) is 0 Å². The van der Waals surface area contributed by atoms with Gasteiger partial charge in [-0.05, 0) is 31.0 Å². The number of aryl methyl sites for hydroxylation is 1. The Morgan fingerprint density at radius 3 is 3.17 bits per heavy atom. The normalized spacial score (nSPS) is 17.1. The van der Waals surface area contributed by atoms with Crippen LogP contribution in [0.3, 0.4) is 0 Å². The highest BCUT2D eigenvalue weighted by molar-refractivity contribution is 5.77. The molecule has 122 valence electrons. The van der Waals surface area contributed by atoms with E-state index in [4.69, 9.17) is 0 Å². The van der Waals surface area contributed by atoms with Gasteiger partial charge in [0, 0.05) is 13.1 Å². The summed E-state index contributed by atoms with van der Waals surface area (Å²) in [6, 6.07) is 6.30. The summed E-state index contributed by atoms with van der Waals surface area (Å²) in [4.78, 5) is 21.9. The molecule has 1 unspecified atom stereocenters. The monoisotopic (exact) mass is 312 g/mol. The third kappa shape index (κ3) is 3.55. The van der Waals surface area contributed by atoms with E-state index in [1.54, 1.807) is 0 Å². The molecule has 1 atom stereocenters. The number of aromatic nitrogens is 2. The number of nitrogens with zero attached hydrogens (tertiary/aromatic N) is 2. The molecule has 2 N–H and O–H groups in total. The molecule has 1 aromatic carbocycles. The molecule has 0 fully saturated rings. The number of nitrogens with one attached hydrogen (secondary N) is 2. The number of urea groups is 1. The van der Waals surface area contributed by atoms with Crippen LogP contribution in [0.25, 0.3) is 11.0 Å². The highest BCUT2D eigenvalue weighted by atomic mass is 16.2. The lowest BCUT2D eigenvalue weighted by Gasteiger charge is -2.24. The Morgan fingerprint density at radius 1 is 1.48 bits per heavy atom. The number of imidazole rings is 1. The zero-order chi connectivity index (χ0) is 16.2. The van der Waals surface area contributed by atoms with Crippen molar-refractivity contribution in [2.45, 2.75) is 45.7 Å². The van der Waals surface area contributed by atoms with Crippen molar-refractivity contribution in [1.29, 1.82) is 0 Å². The van der Waals surface area contributed by atoms with E-state index in [1.165, 1.54) is 0 Å². The molecular weight excluding hydrogens is 288 g/mol. The minimum Gasteiger partial charge on any atom is -0.342 e. The van der Waals surface area contributed by atoms with Crippen molar-refractivity contribution in [3.8, 4) is 0 Å². The van der Waals surface area contributed by atoms with Gasteiger partial charge in [-0.3, -0.25) is 0 Å². The van der Waals surface area contributed by atoms with Crippen LogP contribution >= 0.6 is 0 Å². The maximum Gasteiger partial charge on any atom is 0.318 e. The Bertz CT molecular complexity index is 719. The topological polar surface area (TPSA) is 61.0 Å². The molecule has 0 bridgehead atoms. The van der Waals surface area contributed by atoms with E-state index in [-0.39, 0.29) is 12.1 Å². The first kappa shape index (κ1) is 15.6. The predicted molar refractivity (Wildman–Crippen MR) is 92.2 cm³/mol. The smallest absolute Gasteiger partial charge is 0.318 e. The number of fused-ring (bicyclic) bond motifs is 1. The molecule has 1 aliphatic heterocycles. The lowest BCUT2D eigenvalue weighted by atomic mass is 10.1. The molecule has 1 aromatic heterocycles. The number of benzene rings is 1. The van der Waals surface area contributed by atoms with Crippen molar-refractivity contribution in [3.05, 3.63) is 41.7 Å². The van der Waals surface area contributed by atoms with Crippen LogP contribution in [0, 0.1) is 6.92 Å². The molecule has 2 heterocycles. The Morgan fingerprint density at radius 2 is 2.35 bits per heavy atom. The Balaban J connectivity index is 1.59. The summed E-state index contributed by atoms with van der Waals surface area (Å²) in [5, 5.41) is 3.03. The molecule has 23 heavy (non-hydrogen) atoms. The van der Waals surface area contributed by atoms with E-state index in [0.29, 0.717) is 13.1 Å². The van der Waals surface area contributed by atoms with Crippen LogP contribution in [-0.4, -0.2) is 33.5 Å². The van der Waals surface area contributed by atoms with Crippen molar-refractivity contribution in [2.75, 3.05) is 6.54 Å². The molecule has 2 aromatic rings. The van der Waals surface area contributed by atoms with Crippen LogP contribution in [0.15, 0.2) is 30.4 Å². The second-order valence-electron chi connectivity index (χ2n) is 6.12. The third-order valence-electron chi connectivity index (χ3n) is 4.28. The van der Waals surface area contributed by atoms with Gasteiger partial charge in [-0.15, -0.1) is 0 Å². The van der Waals surface area contributed by atoms with Crippen LogP contribution < -0.4 is 5.32 Å². The van der Waals surface area contributed by atoms with Gasteiger partial charge in [-0.2, -0.15) is 0 Å². The van der Waals surface area contributed by atoms with Gasteiger partial charge in [-0.1, -0.05) is 38.0 Å². The molecule has 0 aliphatic carbocycles. The first-order valence-corrected chi connectivity index (χ1v) is 8.33. The Labute approximate surface area is 136 Å². The van der Waals surface area contributed by atoms with E-state index in [2.05, 4.69) is 34.4 Å². The van der Waals surface area contributed by atoms with Crippen LogP contribution in [0.2, 0.25) is 0 Å². The highest BCUT2D eigenvalue weighted by Gasteiger charge is 2.23. The van der Waals surface area contributed by atoms with E-state index >= 15 is 0 Å². The summed E-state index contributed by atoms with van der Waals surface area (Å²) in [5.41, 5.74) is 3.05. The number of aromatic amines is 1. The second kappa shape index (κ2) is 6.86. The van der Waals surface area contributed by atoms with Crippen molar-refractivity contribution >= 4 is 17.1 Å². The van der Waals surface area contributed by atoms with E-state index < -0.39 is 0 Å². The number of rotatable bonds is 5. The van der Waals surface area contributed by atoms with E-state index in [0.717, 1.165) is 41.7 Å². The van der Waals surface area contributed by atoms with E-state index in [9.17, 15) is 4.79 Å². The predicted octanol–water partition coefficient (Wildman–Crippen LogP) is 3.51. The molecule has 0 radical (unpaired) electrons. The maximum absolute atomic E-state index is 12.4. The Hall–Kier alpha value is -2.30. The fourth-order valence-electron chi connectivity index (χ4n) is 3.04. The molecule has 5 nitrogen and oxygen atoms in total. The largest absolute Gasteiger partial charge is 0.342 e. The van der Waals surface area contributed by atoms with Crippen molar-refractivity contribution in [2.24, 2.45) is 0 Å². The Kier molecular flexibility index (Phi) is 4.65. The molecule has 5 heteroatoms. The van der Waals surface area contributed by atoms with Crippen LogP contribution in [-0.2, 0) is 6.54 Å². The summed E-state index contributed by atoms with van der Waals surface area (Å²) in [6.45, 7) is 5.36. The summed E-state index contributed by atoms with van der Waals surface area (Å²) in [6.07, 6.45) is 7.58. The van der Waals surface area contributed by atoms with Gasteiger partial charge in [0.1, 0.15) is 5.82 Å². The first-order chi connectivity index (χ1) is 11.2. The minimum atomic E-state index is 0.0111. The minimum absolute atomic E-state index is 0.0111. The first-order valence-electron chi connectivity index (χ1n) is 8.33. The number of unbranched alkanes of at least 4 members (excludes halogenated alkanes) is 1. The van der Waals surface area contributed by atoms with Gasteiger partial charge in [0.05, 0.1) is 17.1 Å². The zero-order valence-electron chi connectivity index (χ0n) is 13.8.